The lowest BCUT2D eigenvalue weighted by molar-refractivity contribution is 0.218. The lowest BCUT2D eigenvalue weighted by atomic mass is 9.69. The number of aryl methyl sites for hydroxylation is 1. The van der Waals surface area contributed by atoms with Gasteiger partial charge in [0.25, 0.3) is 0 Å². The minimum absolute atomic E-state index is 0.461. The Labute approximate surface area is 105 Å². The van der Waals surface area contributed by atoms with Gasteiger partial charge in [0.1, 0.15) is 0 Å². The molecule has 3 rings (SSSR count). The summed E-state index contributed by atoms with van der Waals surface area (Å²) in [5.74, 6) is 0.985. The quantitative estimate of drug-likeness (QED) is 0.837. The third kappa shape index (κ3) is 2.13. The summed E-state index contributed by atoms with van der Waals surface area (Å²) in [5.41, 5.74) is 3.40. The van der Waals surface area contributed by atoms with E-state index in [1.165, 1.54) is 50.8 Å². The zero-order valence-corrected chi connectivity index (χ0v) is 10.8. The van der Waals surface area contributed by atoms with Gasteiger partial charge in [-0.2, -0.15) is 0 Å². The summed E-state index contributed by atoms with van der Waals surface area (Å²) < 4.78 is 0. The van der Waals surface area contributed by atoms with Crippen molar-refractivity contribution in [2.45, 2.75) is 44.4 Å². The van der Waals surface area contributed by atoms with Crippen LogP contribution in [0.25, 0.3) is 0 Å². The molecule has 1 heterocycles. The van der Waals surface area contributed by atoms with E-state index in [0.717, 1.165) is 5.92 Å². The van der Waals surface area contributed by atoms with Crippen molar-refractivity contribution in [3.05, 3.63) is 35.4 Å². The second-order valence-electron chi connectivity index (χ2n) is 6.10. The molecule has 1 aromatic rings. The highest BCUT2D eigenvalue weighted by molar-refractivity contribution is 5.32. The van der Waals surface area contributed by atoms with Gasteiger partial charge in [-0.15, -0.1) is 0 Å². The molecule has 0 unspecified atom stereocenters. The van der Waals surface area contributed by atoms with Crippen molar-refractivity contribution in [2.75, 3.05) is 13.1 Å². The van der Waals surface area contributed by atoms with Gasteiger partial charge in [-0.25, -0.2) is 0 Å². The number of hydrogen-bond acceptors (Lipinski definition) is 1. The van der Waals surface area contributed by atoms with Crippen molar-refractivity contribution in [1.29, 1.82) is 0 Å². The van der Waals surface area contributed by atoms with Gasteiger partial charge in [-0.1, -0.05) is 55.5 Å². The van der Waals surface area contributed by atoms with Crippen molar-refractivity contribution >= 4 is 0 Å². The van der Waals surface area contributed by atoms with Gasteiger partial charge in [0, 0.05) is 18.5 Å². The number of hydrogen-bond donors (Lipinski definition) is 1. The topological polar surface area (TPSA) is 12.0 Å². The molecule has 0 amide bonds. The van der Waals surface area contributed by atoms with Gasteiger partial charge in [0.15, 0.2) is 0 Å². The summed E-state index contributed by atoms with van der Waals surface area (Å²) in [6.07, 6.45) is 7.26. The molecule has 92 valence electrons. The molecule has 0 atom stereocenters. The standard InChI is InChI=1S/C16H23N/c1-13-6-8-15(9-7-13)16(11-17-12-16)10-14-4-2-3-5-14/h6-9,14,17H,2-5,10-12H2,1H3. The molecule has 0 bridgehead atoms. The summed E-state index contributed by atoms with van der Waals surface area (Å²) in [4.78, 5) is 0. The van der Waals surface area contributed by atoms with E-state index in [1.807, 2.05) is 0 Å². The first-order valence-electron chi connectivity index (χ1n) is 7.06. The monoisotopic (exact) mass is 229 g/mol. The SMILES string of the molecule is Cc1ccc(C2(CC3CCCC3)CNC2)cc1. The Hall–Kier alpha value is -0.820. The fraction of sp³-hybridized carbons (Fsp3) is 0.625. The van der Waals surface area contributed by atoms with Crippen LogP contribution in [0.1, 0.15) is 43.2 Å². The fourth-order valence-electron chi connectivity index (χ4n) is 3.57. The number of nitrogens with one attached hydrogen (secondary N) is 1. The highest BCUT2D eigenvalue weighted by Crippen LogP contribution is 2.40. The first-order chi connectivity index (χ1) is 8.28. The van der Waals surface area contributed by atoms with E-state index in [1.54, 1.807) is 5.56 Å². The van der Waals surface area contributed by atoms with Crippen LogP contribution in [-0.2, 0) is 5.41 Å². The lowest BCUT2D eigenvalue weighted by Crippen LogP contribution is -2.57. The van der Waals surface area contributed by atoms with Crippen LogP contribution in [0.3, 0.4) is 0 Å². The van der Waals surface area contributed by atoms with Crippen LogP contribution in [0.15, 0.2) is 24.3 Å². The summed E-state index contributed by atoms with van der Waals surface area (Å²) >= 11 is 0. The maximum Gasteiger partial charge on any atom is 0.0205 e. The molecule has 1 nitrogen and oxygen atoms in total. The van der Waals surface area contributed by atoms with E-state index in [2.05, 4.69) is 36.5 Å². The van der Waals surface area contributed by atoms with Gasteiger partial charge in [0.2, 0.25) is 0 Å². The van der Waals surface area contributed by atoms with Crippen molar-refractivity contribution in [3.8, 4) is 0 Å². The van der Waals surface area contributed by atoms with Gasteiger partial charge in [-0.3, -0.25) is 0 Å². The van der Waals surface area contributed by atoms with E-state index < -0.39 is 0 Å². The van der Waals surface area contributed by atoms with Crippen molar-refractivity contribution in [3.63, 3.8) is 0 Å². The predicted octanol–water partition coefficient (Wildman–Crippen LogP) is 3.42. The fourth-order valence-corrected chi connectivity index (χ4v) is 3.57. The third-order valence-electron chi connectivity index (χ3n) is 4.74. The van der Waals surface area contributed by atoms with Crippen LogP contribution in [0.5, 0.6) is 0 Å². The van der Waals surface area contributed by atoms with E-state index >= 15 is 0 Å². The number of benzene rings is 1. The molecule has 2 aliphatic rings. The summed E-state index contributed by atoms with van der Waals surface area (Å²) in [6.45, 7) is 4.55. The third-order valence-corrected chi connectivity index (χ3v) is 4.74. The summed E-state index contributed by atoms with van der Waals surface area (Å²) in [7, 11) is 0. The van der Waals surface area contributed by atoms with Gasteiger partial charge >= 0.3 is 0 Å². The molecule has 1 N–H and O–H groups in total. The maximum atomic E-state index is 3.49. The van der Waals surface area contributed by atoms with Gasteiger partial charge < -0.3 is 5.32 Å². The number of rotatable bonds is 3. The molecule has 17 heavy (non-hydrogen) atoms. The molecule has 1 aliphatic heterocycles. The Bertz CT molecular complexity index is 369. The maximum absolute atomic E-state index is 3.49. The second-order valence-corrected chi connectivity index (χ2v) is 6.10. The average Bonchev–Trinajstić information content (AvgIpc) is 2.77. The molecule has 1 saturated carbocycles. The van der Waals surface area contributed by atoms with Crippen LogP contribution in [-0.4, -0.2) is 13.1 Å². The molecule has 1 saturated heterocycles. The van der Waals surface area contributed by atoms with Crippen LogP contribution >= 0.6 is 0 Å². The van der Waals surface area contributed by atoms with E-state index in [9.17, 15) is 0 Å². The minimum Gasteiger partial charge on any atom is -0.315 e. The van der Waals surface area contributed by atoms with E-state index in [-0.39, 0.29) is 0 Å². The summed E-state index contributed by atoms with van der Waals surface area (Å²) in [5, 5.41) is 3.49. The minimum atomic E-state index is 0.461. The smallest absolute Gasteiger partial charge is 0.0205 e. The Morgan fingerprint density at radius 2 is 1.76 bits per heavy atom. The Balaban J connectivity index is 1.78. The molecule has 1 aromatic carbocycles. The van der Waals surface area contributed by atoms with Crippen molar-refractivity contribution in [2.24, 2.45) is 5.92 Å². The molecule has 1 aliphatic carbocycles. The predicted molar refractivity (Wildman–Crippen MR) is 72.3 cm³/mol. The van der Waals surface area contributed by atoms with Crippen LogP contribution in [0.4, 0.5) is 0 Å². The highest BCUT2D eigenvalue weighted by atomic mass is 15.0. The molecular weight excluding hydrogens is 206 g/mol. The molecule has 0 spiro atoms. The van der Waals surface area contributed by atoms with Crippen molar-refractivity contribution in [1.82, 2.24) is 5.32 Å². The highest BCUT2D eigenvalue weighted by Gasteiger charge is 2.40. The van der Waals surface area contributed by atoms with Crippen LogP contribution < -0.4 is 5.32 Å². The van der Waals surface area contributed by atoms with Crippen LogP contribution in [0.2, 0.25) is 0 Å². The molecular formula is C16H23N. The molecule has 0 radical (unpaired) electrons. The Kier molecular flexibility index (Phi) is 2.96. The van der Waals surface area contributed by atoms with E-state index in [4.69, 9.17) is 0 Å². The van der Waals surface area contributed by atoms with Crippen molar-refractivity contribution < 1.29 is 0 Å². The largest absolute Gasteiger partial charge is 0.315 e. The van der Waals surface area contributed by atoms with Gasteiger partial charge in [-0.05, 0) is 24.8 Å². The normalized spacial score (nSPS) is 23.6. The molecule has 0 aromatic heterocycles. The first kappa shape index (κ1) is 11.3. The second kappa shape index (κ2) is 4.45. The average molecular weight is 229 g/mol. The molecule has 1 heteroatoms. The zero-order chi connectivity index (χ0) is 11.7. The van der Waals surface area contributed by atoms with Gasteiger partial charge in [0.05, 0.1) is 0 Å². The zero-order valence-electron chi connectivity index (χ0n) is 10.8. The summed E-state index contributed by atoms with van der Waals surface area (Å²) in [6, 6.07) is 9.24. The first-order valence-corrected chi connectivity index (χ1v) is 7.06. The van der Waals surface area contributed by atoms with Crippen LogP contribution in [0, 0.1) is 12.8 Å². The Morgan fingerprint density at radius 3 is 2.29 bits per heavy atom. The van der Waals surface area contributed by atoms with E-state index in [0.29, 0.717) is 5.41 Å². The Morgan fingerprint density at radius 1 is 1.12 bits per heavy atom. The lowest BCUT2D eigenvalue weighted by Gasteiger charge is -2.45. The molecule has 2 fully saturated rings.